The Morgan fingerprint density at radius 1 is 1.69 bits per heavy atom. The number of rotatable bonds is 4. The molecule has 5 heteroatoms. The minimum atomic E-state index is -0.867. The van der Waals surface area contributed by atoms with E-state index in [9.17, 15) is 4.79 Å². The third-order valence-corrected chi connectivity index (χ3v) is 2.48. The minimum absolute atomic E-state index is 0.0113. The van der Waals surface area contributed by atoms with Crippen LogP contribution >= 0.6 is 15.9 Å². The summed E-state index contributed by atoms with van der Waals surface area (Å²) < 4.78 is 0.844. The second-order valence-corrected chi connectivity index (χ2v) is 4.36. The lowest BCUT2D eigenvalue weighted by molar-refractivity contribution is -0.137. The van der Waals surface area contributed by atoms with Crippen molar-refractivity contribution in [3.05, 3.63) is 28.2 Å². The van der Waals surface area contributed by atoms with E-state index < -0.39 is 5.97 Å². The zero-order chi connectivity index (χ0) is 12.1. The molecule has 0 amide bonds. The van der Waals surface area contributed by atoms with Crippen LogP contribution < -0.4 is 5.32 Å². The van der Waals surface area contributed by atoms with Crippen molar-refractivity contribution in [3.8, 4) is 6.07 Å². The fourth-order valence-corrected chi connectivity index (χ4v) is 1.67. The molecule has 0 radical (unpaired) electrons. The first-order valence-electron chi connectivity index (χ1n) is 4.71. The number of halogens is 1. The first kappa shape index (κ1) is 12.5. The minimum Gasteiger partial charge on any atom is -0.481 e. The molecule has 84 valence electrons. The second-order valence-electron chi connectivity index (χ2n) is 3.44. The van der Waals surface area contributed by atoms with Gasteiger partial charge in [-0.3, -0.25) is 4.79 Å². The molecule has 4 nitrogen and oxygen atoms in total. The molecule has 1 unspecified atom stereocenters. The van der Waals surface area contributed by atoms with Crippen molar-refractivity contribution in [3.63, 3.8) is 0 Å². The predicted molar refractivity (Wildman–Crippen MR) is 64.2 cm³/mol. The Balaban J connectivity index is 2.84. The molecule has 1 atom stereocenters. The van der Waals surface area contributed by atoms with Crippen molar-refractivity contribution in [2.24, 2.45) is 0 Å². The van der Waals surface area contributed by atoms with E-state index in [1.54, 1.807) is 25.1 Å². The van der Waals surface area contributed by atoms with Crippen LogP contribution in [0, 0.1) is 11.3 Å². The van der Waals surface area contributed by atoms with Gasteiger partial charge < -0.3 is 10.4 Å². The zero-order valence-electron chi connectivity index (χ0n) is 8.70. The number of carboxylic acids is 1. The van der Waals surface area contributed by atoms with Gasteiger partial charge in [-0.2, -0.15) is 5.26 Å². The van der Waals surface area contributed by atoms with Crippen LogP contribution in [0.3, 0.4) is 0 Å². The Labute approximate surface area is 102 Å². The summed E-state index contributed by atoms with van der Waals surface area (Å²) in [5.41, 5.74) is 1.14. The highest BCUT2D eigenvalue weighted by molar-refractivity contribution is 9.10. The fourth-order valence-electron chi connectivity index (χ4n) is 1.31. The smallest absolute Gasteiger partial charge is 0.305 e. The number of hydrogen-bond acceptors (Lipinski definition) is 3. The summed E-state index contributed by atoms with van der Waals surface area (Å²) in [4.78, 5) is 10.5. The molecular formula is C11H11BrN2O2. The quantitative estimate of drug-likeness (QED) is 0.890. The molecule has 2 N–H and O–H groups in total. The lowest BCUT2D eigenvalue weighted by atomic mass is 10.1. The molecule has 16 heavy (non-hydrogen) atoms. The third kappa shape index (κ3) is 3.55. The average Bonchev–Trinajstić information content (AvgIpc) is 2.16. The molecule has 1 rings (SSSR count). The number of carboxylic acid groups (broad SMARTS) is 1. The van der Waals surface area contributed by atoms with Crippen LogP contribution in [0.25, 0.3) is 0 Å². The SMILES string of the molecule is CC(CC(=O)O)Nc1cc(Br)ccc1C#N. The van der Waals surface area contributed by atoms with Gasteiger partial charge in [0.05, 0.1) is 17.7 Å². The number of nitriles is 1. The van der Waals surface area contributed by atoms with Gasteiger partial charge in [-0.1, -0.05) is 15.9 Å². The maximum absolute atomic E-state index is 10.5. The van der Waals surface area contributed by atoms with E-state index in [4.69, 9.17) is 10.4 Å². The number of aliphatic carboxylic acids is 1. The van der Waals surface area contributed by atoms with Gasteiger partial charge in [0.15, 0.2) is 0 Å². The van der Waals surface area contributed by atoms with Gasteiger partial charge in [0, 0.05) is 10.5 Å². The lowest BCUT2D eigenvalue weighted by Crippen LogP contribution is -2.19. The van der Waals surface area contributed by atoms with Crippen molar-refractivity contribution in [1.29, 1.82) is 5.26 Å². The standard InChI is InChI=1S/C11H11BrN2O2/c1-7(4-11(15)16)14-10-5-9(12)3-2-8(10)6-13/h2-3,5,7,14H,4H2,1H3,(H,15,16). The van der Waals surface area contributed by atoms with Crippen molar-refractivity contribution in [1.82, 2.24) is 0 Å². The van der Waals surface area contributed by atoms with E-state index in [2.05, 4.69) is 27.3 Å². The summed E-state index contributed by atoms with van der Waals surface area (Å²) in [5.74, 6) is -0.867. The number of benzene rings is 1. The Bertz CT molecular complexity index is 440. The van der Waals surface area contributed by atoms with Crippen LogP contribution in [0.1, 0.15) is 18.9 Å². The first-order valence-corrected chi connectivity index (χ1v) is 5.50. The fraction of sp³-hybridized carbons (Fsp3) is 0.273. The molecule has 0 fully saturated rings. The van der Waals surface area contributed by atoms with Crippen LogP contribution in [0.2, 0.25) is 0 Å². The van der Waals surface area contributed by atoms with Gasteiger partial charge in [-0.15, -0.1) is 0 Å². The van der Waals surface area contributed by atoms with E-state index in [0.29, 0.717) is 11.3 Å². The van der Waals surface area contributed by atoms with Crippen LogP contribution in [0.15, 0.2) is 22.7 Å². The molecule has 0 saturated carbocycles. The first-order chi connectivity index (χ1) is 7.52. The normalized spacial score (nSPS) is 11.6. The van der Waals surface area contributed by atoms with Gasteiger partial charge in [-0.05, 0) is 25.1 Å². The Morgan fingerprint density at radius 3 is 2.94 bits per heavy atom. The van der Waals surface area contributed by atoms with Gasteiger partial charge in [0.2, 0.25) is 0 Å². The Hall–Kier alpha value is -1.54. The summed E-state index contributed by atoms with van der Waals surface area (Å²) in [6.07, 6.45) is 0.0113. The molecule has 0 aliphatic rings. The van der Waals surface area contributed by atoms with Gasteiger partial charge in [0.1, 0.15) is 6.07 Å². The molecule has 0 aromatic heterocycles. The summed E-state index contributed by atoms with van der Waals surface area (Å²) in [6, 6.07) is 7.04. The summed E-state index contributed by atoms with van der Waals surface area (Å²) in [7, 11) is 0. The molecular weight excluding hydrogens is 272 g/mol. The van der Waals surface area contributed by atoms with Gasteiger partial charge in [-0.25, -0.2) is 0 Å². The maximum Gasteiger partial charge on any atom is 0.305 e. The molecule has 1 aromatic carbocycles. The van der Waals surface area contributed by atoms with E-state index in [1.807, 2.05) is 0 Å². The van der Waals surface area contributed by atoms with Crippen molar-refractivity contribution >= 4 is 27.6 Å². The molecule has 0 aliphatic heterocycles. The predicted octanol–water partition coefficient (Wildman–Crippen LogP) is 2.60. The van der Waals surface area contributed by atoms with Crippen LogP contribution in [-0.4, -0.2) is 17.1 Å². The van der Waals surface area contributed by atoms with E-state index in [1.165, 1.54) is 0 Å². The molecule has 0 spiro atoms. The second kappa shape index (κ2) is 5.52. The third-order valence-electron chi connectivity index (χ3n) is 1.98. The Kier molecular flexibility index (Phi) is 4.32. The number of nitrogens with one attached hydrogen (secondary N) is 1. The summed E-state index contributed by atoms with van der Waals surface area (Å²) >= 11 is 3.30. The van der Waals surface area contributed by atoms with Crippen LogP contribution in [-0.2, 0) is 4.79 Å². The summed E-state index contributed by atoms with van der Waals surface area (Å²) in [5, 5.41) is 20.5. The van der Waals surface area contributed by atoms with Crippen molar-refractivity contribution < 1.29 is 9.90 Å². The number of carbonyl (C=O) groups is 1. The van der Waals surface area contributed by atoms with Crippen molar-refractivity contribution in [2.45, 2.75) is 19.4 Å². The molecule has 0 heterocycles. The highest BCUT2D eigenvalue weighted by Gasteiger charge is 2.10. The Morgan fingerprint density at radius 2 is 2.38 bits per heavy atom. The molecule has 1 aromatic rings. The largest absolute Gasteiger partial charge is 0.481 e. The summed E-state index contributed by atoms with van der Waals surface area (Å²) in [6.45, 7) is 1.76. The molecule has 0 saturated heterocycles. The molecule has 0 bridgehead atoms. The molecule has 0 aliphatic carbocycles. The monoisotopic (exact) mass is 282 g/mol. The van der Waals surface area contributed by atoms with Gasteiger partial charge in [0.25, 0.3) is 0 Å². The highest BCUT2D eigenvalue weighted by Crippen LogP contribution is 2.21. The highest BCUT2D eigenvalue weighted by atomic mass is 79.9. The van der Waals surface area contributed by atoms with E-state index in [0.717, 1.165) is 4.47 Å². The zero-order valence-corrected chi connectivity index (χ0v) is 10.3. The number of nitrogens with zero attached hydrogens (tertiary/aromatic N) is 1. The average molecular weight is 283 g/mol. The lowest BCUT2D eigenvalue weighted by Gasteiger charge is -2.14. The van der Waals surface area contributed by atoms with E-state index >= 15 is 0 Å². The van der Waals surface area contributed by atoms with E-state index in [-0.39, 0.29) is 12.5 Å². The number of anilines is 1. The van der Waals surface area contributed by atoms with Crippen LogP contribution in [0.4, 0.5) is 5.69 Å². The maximum atomic E-state index is 10.5. The topological polar surface area (TPSA) is 73.1 Å². The number of hydrogen-bond donors (Lipinski definition) is 2. The van der Waals surface area contributed by atoms with Crippen LogP contribution in [0.5, 0.6) is 0 Å². The van der Waals surface area contributed by atoms with Gasteiger partial charge >= 0.3 is 5.97 Å². The van der Waals surface area contributed by atoms with Crippen molar-refractivity contribution in [2.75, 3.05) is 5.32 Å².